The first kappa shape index (κ1) is 15.3. The minimum Gasteiger partial charge on any atom is -0.481 e. The molecule has 0 bridgehead atoms. The Balaban J connectivity index is 2.15. The van der Waals surface area contributed by atoms with Gasteiger partial charge in [-0.2, -0.15) is 0 Å². The number of rotatable bonds is 4. The highest BCUT2D eigenvalue weighted by Gasteiger charge is 2.44. The van der Waals surface area contributed by atoms with Gasteiger partial charge < -0.3 is 5.11 Å². The molecule has 1 atom stereocenters. The maximum atomic E-state index is 12.3. The Labute approximate surface area is 123 Å². The predicted octanol–water partition coefficient (Wildman–Crippen LogP) is 1.97. The van der Waals surface area contributed by atoms with Crippen LogP contribution in [-0.4, -0.2) is 36.9 Å². The molecule has 5 nitrogen and oxygen atoms in total. The summed E-state index contributed by atoms with van der Waals surface area (Å²) >= 11 is 5.83. The quantitative estimate of drug-likeness (QED) is 0.921. The predicted molar refractivity (Wildman–Crippen MR) is 76.0 cm³/mol. The maximum Gasteiger partial charge on any atom is 0.310 e. The normalized spacial score (nSPS) is 23.9. The molecular formula is C13H16ClNO4S. The molecule has 1 aromatic carbocycles. The molecule has 1 unspecified atom stereocenters. The van der Waals surface area contributed by atoms with E-state index in [9.17, 15) is 13.2 Å². The van der Waals surface area contributed by atoms with E-state index in [1.165, 1.54) is 4.31 Å². The van der Waals surface area contributed by atoms with E-state index in [1.807, 2.05) is 0 Å². The van der Waals surface area contributed by atoms with Crippen molar-refractivity contribution in [3.63, 3.8) is 0 Å². The third-order valence-electron chi connectivity index (χ3n) is 3.59. The lowest BCUT2D eigenvalue weighted by Gasteiger charge is -2.20. The van der Waals surface area contributed by atoms with Gasteiger partial charge in [-0.3, -0.25) is 4.79 Å². The summed E-state index contributed by atoms with van der Waals surface area (Å²) in [6, 6.07) is 6.66. The SMILES string of the molecule is CC1(C(=O)O)CCN(S(=O)(=O)Cc2cccc(Cl)c2)C1. The van der Waals surface area contributed by atoms with Crippen molar-refractivity contribution in [3.8, 4) is 0 Å². The van der Waals surface area contributed by atoms with E-state index in [0.717, 1.165) is 0 Å². The monoisotopic (exact) mass is 317 g/mol. The second kappa shape index (κ2) is 5.35. The highest BCUT2D eigenvalue weighted by atomic mass is 35.5. The molecule has 0 amide bonds. The fraction of sp³-hybridized carbons (Fsp3) is 0.462. The van der Waals surface area contributed by atoms with Crippen molar-refractivity contribution in [1.82, 2.24) is 4.31 Å². The van der Waals surface area contributed by atoms with E-state index < -0.39 is 21.4 Å². The van der Waals surface area contributed by atoms with Gasteiger partial charge in [-0.05, 0) is 31.0 Å². The molecule has 0 aliphatic carbocycles. The summed E-state index contributed by atoms with van der Waals surface area (Å²) in [4.78, 5) is 11.2. The lowest BCUT2D eigenvalue weighted by molar-refractivity contribution is -0.146. The van der Waals surface area contributed by atoms with Gasteiger partial charge in [0.15, 0.2) is 0 Å². The Morgan fingerprint density at radius 1 is 1.50 bits per heavy atom. The first-order valence-corrected chi connectivity index (χ1v) is 8.17. The van der Waals surface area contributed by atoms with Crippen molar-refractivity contribution < 1.29 is 18.3 Å². The number of aliphatic carboxylic acids is 1. The van der Waals surface area contributed by atoms with E-state index in [0.29, 0.717) is 17.0 Å². The van der Waals surface area contributed by atoms with Crippen LogP contribution in [0.5, 0.6) is 0 Å². The number of hydrogen-bond donors (Lipinski definition) is 1. The summed E-state index contributed by atoms with van der Waals surface area (Å²) in [7, 11) is -3.52. The Hall–Kier alpha value is -1.11. The van der Waals surface area contributed by atoms with Crippen LogP contribution in [0, 0.1) is 5.41 Å². The third-order valence-corrected chi connectivity index (χ3v) is 5.62. The molecule has 0 spiro atoms. The Kier molecular flexibility index (Phi) is 4.09. The minimum absolute atomic E-state index is 0.0191. The van der Waals surface area contributed by atoms with Crippen molar-refractivity contribution in [2.75, 3.05) is 13.1 Å². The number of carboxylic acid groups (broad SMARTS) is 1. The second-order valence-electron chi connectivity index (χ2n) is 5.34. The number of halogens is 1. The van der Waals surface area contributed by atoms with Gasteiger partial charge in [-0.1, -0.05) is 23.7 Å². The number of hydrogen-bond acceptors (Lipinski definition) is 3. The Bertz CT molecular complexity index is 631. The molecule has 1 aliphatic heterocycles. The molecule has 7 heteroatoms. The summed E-state index contributed by atoms with van der Waals surface area (Å²) in [5.41, 5.74) is -0.400. The highest BCUT2D eigenvalue weighted by molar-refractivity contribution is 7.88. The zero-order chi connectivity index (χ0) is 15.0. The van der Waals surface area contributed by atoms with E-state index >= 15 is 0 Å². The van der Waals surface area contributed by atoms with E-state index in [2.05, 4.69) is 0 Å². The van der Waals surface area contributed by atoms with Crippen LogP contribution in [0.2, 0.25) is 5.02 Å². The zero-order valence-corrected chi connectivity index (χ0v) is 12.6. The van der Waals surface area contributed by atoms with Crippen molar-refractivity contribution in [3.05, 3.63) is 34.9 Å². The second-order valence-corrected chi connectivity index (χ2v) is 7.74. The van der Waals surface area contributed by atoms with Crippen LogP contribution in [0.4, 0.5) is 0 Å². The number of benzene rings is 1. The number of nitrogens with zero attached hydrogens (tertiary/aromatic N) is 1. The van der Waals surface area contributed by atoms with Gasteiger partial charge in [-0.25, -0.2) is 12.7 Å². The van der Waals surface area contributed by atoms with Gasteiger partial charge in [0.2, 0.25) is 10.0 Å². The average Bonchev–Trinajstić information content (AvgIpc) is 2.73. The largest absolute Gasteiger partial charge is 0.481 e. The molecule has 1 saturated heterocycles. The van der Waals surface area contributed by atoms with Crippen LogP contribution in [-0.2, 0) is 20.6 Å². The molecule has 0 saturated carbocycles. The number of carboxylic acids is 1. The van der Waals surface area contributed by atoms with Crippen LogP contribution in [0.1, 0.15) is 18.9 Å². The standard InChI is InChI=1S/C13H16ClNO4S/c1-13(12(16)17)5-6-15(9-13)20(18,19)8-10-3-2-4-11(14)7-10/h2-4,7H,5-6,8-9H2,1H3,(H,16,17). The Morgan fingerprint density at radius 3 is 2.75 bits per heavy atom. The van der Waals surface area contributed by atoms with Gasteiger partial charge >= 0.3 is 5.97 Å². The molecule has 20 heavy (non-hydrogen) atoms. The molecule has 1 heterocycles. The van der Waals surface area contributed by atoms with Crippen molar-refractivity contribution in [2.24, 2.45) is 5.41 Å². The van der Waals surface area contributed by atoms with E-state index in [1.54, 1.807) is 31.2 Å². The van der Waals surface area contributed by atoms with Crippen LogP contribution >= 0.6 is 11.6 Å². The van der Waals surface area contributed by atoms with Crippen molar-refractivity contribution >= 4 is 27.6 Å². The van der Waals surface area contributed by atoms with Gasteiger partial charge in [0.1, 0.15) is 0 Å². The molecule has 0 aromatic heterocycles. The zero-order valence-electron chi connectivity index (χ0n) is 11.0. The van der Waals surface area contributed by atoms with Crippen LogP contribution in [0.25, 0.3) is 0 Å². The number of carbonyl (C=O) groups is 1. The number of sulfonamides is 1. The molecular weight excluding hydrogens is 302 g/mol. The molecule has 1 aliphatic rings. The first-order chi connectivity index (χ1) is 9.23. The fourth-order valence-electron chi connectivity index (χ4n) is 2.26. The topological polar surface area (TPSA) is 74.7 Å². The average molecular weight is 318 g/mol. The summed E-state index contributed by atoms with van der Waals surface area (Å²) in [5.74, 6) is -1.12. The summed E-state index contributed by atoms with van der Waals surface area (Å²) in [6.07, 6.45) is 0.330. The van der Waals surface area contributed by atoms with Gasteiger partial charge in [0.05, 0.1) is 11.2 Å². The van der Waals surface area contributed by atoms with Gasteiger partial charge in [-0.15, -0.1) is 0 Å². The summed E-state index contributed by atoms with van der Waals surface area (Å²) < 4.78 is 25.9. The maximum absolute atomic E-state index is 12.3. The lowest BCUT2D eigenvalue weighted by atomic mass is 9.90. The Morgan fingerprint density at radius 2 is 2.20 bits per heavy atom. The molecule has 1 fully saturated rings. The summed E-state index contributed by atoms with van der Waals surface area (Å²) in [6.45, 7) is 1.83. The molecule has 2 rings (SSSR count). The lowest BCUT2D eigenvalue weighted by Crippen LogP contribution is -2.35. The molecule has 1 aromatic rings. The van der Waals surface area contributed by atoms with Gasteiger partial charge in [0, 0.05) is 18.1 Å². The van der Waals surface area contributed by atoms with Crippen molar-refractivity contribution in [1.29, 1.82) is 0 Å². The first-order valence-electron chi connectivity index (χ1n) is 6.19. The van der Waals surface area contributed by atoms with E-state index in [4.69, 9.17) is 16.7 Å². The van der Waals surface area contributed by atoms with Crippen LogP contribution in [0.15, 0.2) is 24.3 Å². The van der Waals surface area contributed by atoms with Crippen LogP contribution in [0.3, 0.4) is 0 Å². The smallest absolute Gasteiger partial charge is 0.310 e. The molecule has 1 N–H and O–H groups in total. The van der Waals surface area contributed by atoms with Crippen LogP contribution < -0.4 is 0 Å². The molecule has 0 radical (unpaired) electrons. The highest BCUT2D eigenvalue weighted by Crippen LogP contribution is 2.32. The van der Waals surface area contributed by atoms with Gasteiger partial charge in [0.25, 0.3) is 0 Å². The summed E-state index contributed by atoms with van der Waals surface area (Å²) in [5, 5.41) is 9.62. The van der Waals surface area contributed by atoms with E-state index in [-0.39, 0.29) is 18.8 Å². The van der Waals surface area contributed by atoms with Crippen molar-refractivity contribution in [2.45, 2.75) is 19.1 Å². The molecule has 110 valence electrons. The fourth-order valence-corrected chi connectivity index (χ4v) is 4.11. The minimum atomic E-state index is -3.52. The third kappa shape index (κ3) is 3.13.